The van der Waals surface area contributed by atoms with Crippen LogP contribution in [0.5, 0.6) is 0 Å². The van der Waals surface area contributed by atoms with Crippen molar-refractivity contribution in [2.75, 3.05) is 0 Å². The van der Waals surface area contributed by atoms with Gasteiger partial charge in [0.1, 0.15) is 11.5 Å². The second-order valence-electron chi connectivity index (χ2n) is 10.2. The van der Waals surface area contributed by atoms with Gasteiger partial charge in [-0.15, -0.1) is 4.99 Å². The van der Waals surface area contributed by atoms with Gasteiger partial charge >= 0.3 is 12.3 Å². The molecular weight excluding hydrogens is 556 g/mol. The van der Waals surface area contributed by atoms with Gasteiger partial charge < -0.3 is 19.6 Å². The lowest BCUT2D eigenvalue weighted by atomic mass is 9.99. The molecule has 0 saturated heterocycles. The zero-order valence-electron chi connectivity index (χ0n) is 22.6. The van der Waals surface area contributed by atoms with Crippen LogP contribution < -0.4 is 10.9 Å². The molecule has 1 saturated carbocycles. The van der Waals surface area contributed by atoms with E-state index in [1.807, 2.05) is 0 Å². The third-order valence-electron chi connectivity index (χ3n) is 6.98. The van der Waals surface area contributed by atoms with Crippen LogP contribution in [0.4, 0.5) is 22.4 Å². The first-order valence-electron chi connectivity index (χ1n) is 13.0. The number of benzene rings is 1. The molecule has 5 rings (SSSR count). The summed E-state index contributed by atoms with van der Waals surface area (Å²) in [5.41, 5.74) is -0.162. The lowest BCUT2D eigenvalue weighted by molar-refractivity contribution is -0.140. The van der Waals surface area contributed by atoms with E-state index in [0.29, 0.717) is 16.7 Å². The summed E-state index contributed by atoms with van der Waals surface area (Å²) in [5.74, 6) is -0.873. The molecule has 2 amide bonds. The molecular formula is C29H26F4N6O3. The summed E-state index contributed by atoms with van der Waals surface area (Å²) in [4.78, 5) is 36.3. The maximum Gasteiger partial charge on any atom is 0.434 e. The average Bonchev–Trinajstić information content (AvgIpc) is 3.73. The van der Waals surface area contributed by atoms with Crippen LogP contribution in [0, 0.1) is 18.7 Å². The Kier molecular flexibility index (Phi) is 7.67. The van der Waals surface area contributed by atoms with Crippen molar-refractivity contribution in [1.29, 1.82) is 0 Å². The number of alkyl halides is 3. The van der Waals surface area contributed by atoms with Crippen LogP contribution in [0.3, 0.4) is 0 Å². The first kappa shape index (κ1) is 28.7. The summed E-state index contributed by atoms with van der Waals surface area (Å²) < 4.78 is 58.5. The fourth-order valence-corrected chi connectivity index (χ4v) is 4.82. The van der Waals surface area contributed by atoms with E-state index in [-0.39, 0.29) is 40.8 Å². The number of carbonyl (C=O) groups is 2. The summed E-state index contributed by atoms with van der Waals surface area (Å²) in [6, 6.07) is 9.56. The Morgan fingerprint density at radius 2 is 1.93 bits per heavy atom. The summed E-state index contributed by atoms with van der Waals surface area (Å²) in [6.45, 7) is 1.60. The molecule has 0 bridgehead atoms. The molecule has 3 heterocycles. The summed E-state index contributed by atoms with van der Waals surface area (Å²) in [5, 5.41) is 12.1. The SMILES string of the molecule is Cc1cc(C(NC(=O)c2cc(Cn3ccn(C)c3=NC(=O)O)cc(-c3cccnc3C(F)(F)F)n2)C2CC2)ccc1F. The molecule has 1 aromatic carbocycles. The van der Waals surface area contributed by atoms with Crippen molar-refractivity contribution in [3.05, 3.63) is 101 Å². The molecule has 1 fully saturated rings. The van der Waals surface area contributed by atoms with Crippen LogP contribution in [0.15, 0.2) is 66.0 Å². The number of carboxylic acid groups (broad SMARTS) is 1. The largest absolute Gasteiger partial charge is 0.463 e. The van der Waals surface area contributed by atoms with E-state index in [9.17, 15) is 32.3 Å². The zero-order valence-corrected chi connectivity index (χ0v) is 22.6. The predicted octanol–water partition coefficient (Wildman–Crippen LogP) is 5.26. The summed E-state index contributed by atoms with van der Waals surface area (Å²) in [6.07, 6.45) is -0.341. The maximum absolute atomic E-state index is 13.9. The van der Waals surface area contributed by atoms with Crippen molar-refractivity contribution in [3.63, 3.8) is 0 Å². The van der Waals surface area contributed by atoms with Crippen LogP contribution in [0.25, 0.3) is 11.3 Å². The molecule has 3 aromatic heterocycles. The normalized spacial score (nSPS) is 14.6. The third-order valence-corrected chi connectivity index (χ3v) is 6.98. The first-order chi connectivity index (χ1) is 19.9. The van der Waals surface area contributed by atoms with E-state index >= 15 is 0 Å². The quantitative estimate of drug-likeness (QED) is 0.289. The van der Waals surface area contributed by atoms with Crippen LogP contribution in [0.2, 0.25) is 0 Å². The fourth-order valence-electron chi connectivity index (χ4n) is 4.82. The molecule has 4 aromatic rings. The van der Waals surface area contributed by atoms with Crippen molar-refractivity contribution in [3.8, 4) is 11.3 Å². The monoisotopic (exact) mass is 582 g/mol. The lowest BCUT2D eigenvalue weighted by Gasteiger charge is -2.20. The number of aromatic nitrogens is 4. The minimum atomic E-state index is -4.78. The minimum absolute atomic E-state index is 0.0203. The average molecular weight is 583 g/mol. The number of pyridine rings is 2. The zero-order chi connectivity index (χ0) is 30.2. The third kappa shape index (κ3) is 6.24. The predicted molar refractivity (Wildman–Crippen MR) is 143 cm³/mol. The molecule has 13 heteroatoms. The van der Waals surface area contributed by atoms with Gasteiger partial charge in [-0.05, 0) is 72.7 Å². The van der Waals surface area contributed by atoms with Gasteiger partial charge in [-0.2, -0.15) is 13.2 Å². The smallest absolute Gasteiger partial charge is 0.434 e. The number of nitrogens with zero attached hydrogens (tertiary/aromatic N) is 5. The molecule has 9 nitrogen and oxygen atoms in total. The van der Waals surface area contributed by atoms with Crippen molar-refractivity contribution in [1.82, 2.24) is 24.4 Å². The Balaban J connectivity index is 1.58. The number of imidazole rings is 1. The van der Waals surface area contributed by atoms with Gasteiger partial charge in [0.25, 0.3) is 5.91 Å². The molecule has 0 aliphatic heterocycles. The molecule has 0 radical (unpaired) electrons. The van der Waals surface area contributed by atoms with E-state index < -0.39 is 29.9 Å². The molecule has 1 atom stereocenters. The van der Waals surface area contributed by atoms with Crippen molar-refractivity contribution >= 4 is 12.0 Å². The molecule has 0 spiro atoms. The second-order valence-corrected chi connectivity index (χ2v) is 10.2. The van der Waals surface area contributed by atoms with Crippen LogP contribution in [-0.2, 0) is 19.8 Å². The topological polar surface area (TPSA) is 114 Å². The van der Waals surface area contributed by atoms with Gasteiger partial charge in [0.05, 0.1) is 18.3 Å². The Hall–Kier alpha value is -4.81. The second kappa shape index (κ2) is 11.2. The van der Waals surface area contributed by atoms with E-state index in [0.717, 1.165) is 19.0 Å². The van der Waals surface area contributed by atoms with Crippen LogP contribution in [0.1, 0.15) is 51.8 Å². The molecule has 1 aliphatic rings. The van der Waals surface area contributed by atoms with Gasteiger partial charge in [0, 0.05) is 31.2 Å². The summed E-state index contributed by atoms with van der Waals surface area (Å²) >= 11 is 0. The van der Waals surface area contributed by atoms with Gasteiger partial charge in [-0.25, -0.2) is 14.2 Å². The van der Waals surface area contributed by atoms with Crippen LogP contribution >= 0.6 is 0 Å². The number of hydrogen-bond acceptors (Lipinski definition) is 4. The van der Waals surface area contributed by atoms with E-state index in [4.69, 9.17) is 0 Å². The summed E-state index contributed by atoms with van der Waals surface area (Å²) in [7, 11) is 1.59. The van der Waals surface area contributed by atoms with Crippen molar-refractivity contribution in [2.45, 2.75) is 38.5 Å². The standard InChI is InChI=1S/C29H26F4N6O3/c1-16-12-19(7-8-21(16)30)24(18-5-6-18)36-26(40)23-14-17(15-39-11-10-38(2)27(39)37-28(41)42)13-22(35-23)20-4-3-9-34-25(20)29(31,32)33/h3-4,7-14,18,24H,5-6,15H2,1-2H3,(H,36,40)(H,41,42). The number of carbonyl (C=O) groups excluding carboxylic acids is 1. The molecule has 218 valence electrons. The number of rotatable bonds is 7. The lowest BCUT2D eigenvalue weighted by Crippen LogP contribution is -2.31. The minimum Gasteiger partial charge on any atom is -0.463 e. The molecule has 2 N–H and O–H groups in total. The van der Waals surface area contributed by atoms with Gasteiger partial charge in [-0.1, -0.05) is 12.1 Å². The highest BCUT2D eigenvalue weighted by atomic mass is 19.4. The Bertz CT molecular complexity index is 1740. The first-order valence-corrected chi connectivity index (χ1v) is 13.0. The molecule has 42 heavy (non-hydrogen) atoms. The Morgan fingerprint density at radius 1 is 1.17 bits per heavy atom. The number of nitrogens with one attached hydrogen (secondary N) is 1. The number of amides is 2. The van der Waals surface area contributed by atoms with Gasteiger partial charge in [0.2, 0.25) is 5.62 Å². The van der Waals surface area contributed by atoms with E-state index in [1.165, 1.54) is 39.5 Å². The number of aryl methyl sites for hydroxylation is 2. The highest BCUT2D eigenvalue weighted by Crippen LogP contribution is 2.41. The van der Waals surface area contributed by atoms with Crippen molar-refractivity contribution in [2.24, 2.45) is 18.0 Å². The number of halogens is 4. The van der Waals surface area contributed by atoms with E-state index in [2.05, 4.69) is 20.3 Å². The van der Waals surface area contributed by atoms with Crippen molar-refractivity contribution < 1.29 is 32.3 Å². The number of hydrogen-bond donors (Lipinski definition) is 2. The fraction of sp³-hybridized carbons (Fsp3) is 0.276. The highest BCUT2D eigenvalue weighted by molar-refractivity contribution is 5.93. The van der Waals surface area contributed by atoms with Crippen LogP contribution in [-0.4, -0.2) is 36.2 Å². The van der Waals surface area contributed by atoms with Gasteiger partial charge in [0.15, 0.2) is 5.69 Å². The highest BCUT2D eigenvalue weighted by Gasteiger charge is 2.37. The maximum atomic E-state index is 13.9. The van der Waals surface area contributed by atoms with Gasteiger partial charge in [-0.3, -0.25) is 9.78 Å². The van der Waals surface area contributed by atoms with E-state index in [1.54, 1.807) is 38.5 Å². The Morgan fingerprint density at radius 3 is 2.60 bits per heavy atom. The molecule has 1 aliphatic carbocycles. The Labute approximate surface area is 237 Å². The molecule has 1 unspecified atom stereocenters.